The lowest BCUT2D eigenvalue weighted by molar-refractivity contribution is -0.140. The van der Waals surface area contributed by atoms with Crippen LogP contribution in [0.15, 0.2) is 64.8 Å². The van der Waals surface area contributed by atoms with Crippen molar-refractivity contribution in [2.24, 2.45) is 10.2 Å². The fourth-order valence-corrected chi connectivity index (χ4v) is 2.45. The molecule has 0 saturated carbocycles. The summed E-state index contributed by atoms with van der Waals surface area (Å²) in [5.74, 6) is -0.757. The number of esters is 1. The highest BCUT2D eigenvalue weighted by Crippen LogP contribution is 2.17. The number of ether oxygens (including phenoxy) is 1. The van der Waals surface area contributed by atoms with Crippen LogP contribution < -0.4 is 10.9 Å². The number of rotatable bonds is 6. The van der Waals surface area contributed by atoms with Gasteiger partial charge in [0.15, 0.2) is 11.8 Å². The van der Waals surface area contributed by atoms with Crippen molar-refractivity contribution in [1.29, 1.82) is 0 Å². The molecule has 0 aromatic heterocycles. The van der Waals surface area contributed by atoms with Gasteiger partial charge in [0.05, 0.1) is 18.0 Å². The molecule has 2 atom stereocenters. The predicted molar refractivity (Wildman–Crippen MR) is 103 cm³/mol. The highest BCUT2D eigenvalue weighted by Gasteiger charge is 2.42. The highest BCUT2D eigenvalue weighted by atomic mass is 35.5. The maximum absolute atomic E-state index is 12.2. The minimum Gasteiger partial charge on any atom is -0.448 e. The number of hydrazone groups is 2. The van der Waals surface area contributed by atoms with E-state index < -0.39 is 24.8 Å². The van der Waals surface area contributed by atoms with Crippen molar-refractivity contribution in [3.8, 4) is 0 Å². The van der Waals surface area contributed by atoms with Crippen molar-refractivity contribution >= 4 is 40.4 Å². The van der Waals surface area contributed by atoms with Crippen molar-refractivity contribution in [2.45, 2.75) is 12.2 Å². The zero-order valence-corrected chi connectivity index (χ0v) is 14.8. The first-order valence-corrected chi connectivity index (χ1v) is 8.44. The Morgan fingerprint density at radius 3 is 2.33 bits per heavy atom. The van der Waals surface area contributed by atoms with Crippen LogP contribution in [-0.2, 0) is 9.53 Å². The van der Waals surface area contributed by atoms with Crippen LogP contribution in [-0.4, -0.2) is 46.4 Å². The van der Waals surface area contributed by atoms with Gasteiger partial charge in [0, 0.05) is 5.02 Å². The molecule has 0 bridgehead atoms. The topological polar surface area (TPSA) is 116 Å². The Hall–Kier alpha value is -2.94. The second-order valence-electron chi connectivity index (χ2n) is 5.63. The number of para-hydroxylation sites is 1. The summed E-state index contributed by atoms with van der Waals surface area (Å²) in [7, 11) is 0. The monoisotopic (exact) mass is 388 g/mol. The Balaban J connectivity index is 1.87. The van der Waals surface area contributed by atoms with E-state index in [0.29, 0.717) is 16.4 Å². The first-order valence-electron chi connectivity index (χ1n) is 8.06. The van der Waals surface area contributed by atoms with Gasteiger partial charge in [-0.05, 0) is 36.4 Å². The third-order valence-corrected chi connectivity index (χ3v) is 3.95. The Kier molecular flexibility index (Phi) is 6.02. The minimum absolute atomic E-state index is 0.0694. The van der Waals surface area contributed by atoms with Gasteiger partial charge in [-0.1, -0.05) is 29.8 Å². The number of nitrogens with zero attached hydrogens (tertiary/aromatic N) is 2. The van der Waals surface area contributed by atoms with Crippen LogP contribution in [0, 0.1) is 0 Å². The molecule has 0 radical (unpaired) electrons. The fraction of sp³-hybridized carbons (Fsp3) is 0.167. The summed E-state index contributed by atoms with van der Waals surface area (Å²) in [6.07, 6.45) is -2.47. The number of benzene rings is 2. The molecule has 0 unspecified atom stereocenters. The van der Waals surface area contributed by atoms with Gasteiger partial charge in [-0.2, -0.15) is 10.2 Å². The average Bonchev–Trinajstić information content (AvgIpc) is 3.01. The minimum atomic E-state index is -1.33. The number of hydrogen-bond acceptors (Lipinski definition) is 8. The van der Waals surface area contributed by atoms with E-state index in [9.17, 15) is 15.0 Å². The van der Waals surface area contributed by atoms with Gasteiger partial charge in [-0.25, -0.2) is 4.79 Å². The van der Waals surface area contributed by atoms with E-state index in [0.717, 1.165) is 0 Å². The predicted octanol–water partition coefficient (Wildman–Crippen LogP) is 1.85. The first kappa shape index (κ1) is 18.8. The smallest absolute Gasteiger partial charge is 0.361 e. The molecule has 8 nitrogen and oxygen atoms in total. The molecular weight excluding hydrogens is 372 g/mol. The van der Waals surface area contributed by atoms with E-state index in [1.807, 2.05) is 18.2 Å². The molecule has 140 valence electrons. The van der Waals surface area contributed by atoms with E-state index in [2.05, 4.69) is 21.1 Å². The second-order valence-corrected chi connectivity index (χ2v) is 6.07. The summed E-state index contributed by atoms with van der Waals surface area (Å²) in [6, 6.07) is 15.7. The van der Waals surface area contributed by atoms with Gasteiger partial charge in [-0.3, -0.25) is 10.9 Å². The Morgan fingerprint density at radius 2 is 1.67 bits per heavy atom. The van der Waals surface area contributed by atoms with Gasteiger partial charge >= 0.3 is 5.97 Å². The molecule has 1 heterocycles. The summed E-state index contributed by atoms with van der Waals surface area (Å²) in [5, 5.41) is 28.0. The Morgan fingerprint density at radius 1 is 1.04 bits per heavy atom. The molecule has 0 spiro atoms. The maximum atomic E-state index is 12.2. The number of hydrogen-bond donors (Lipinski definition) is 4. The van der Waals surface area contributed by atoms with Gasteiger partial charge in [0.1, 0.15) is 11.8 Å². The van der Waals surface area contributed by atoms with Gasteiger partial charge < -0.3 is 14.9 Å². The normalized spacial score (nSPS) is 20.6. The number of aliphatic hydroxyl groups excluding tert-OH is 2. The molecule has 2 aromatic carbocycles. The molecular formula is C18H17ClN4O4. The molecule has 1 saturated heterocycles. The number of nitrogens with one attached hydrogen (secondary N) is 2. The van der Waals surface area contributed by atoms with Crippen molar-refractivity contribution in [3.05, 3.63) is 59.6 Å². The number of carbonyl (C=O) groups excluding carboxylic acids is 1. The lowest BCUT2D eigenvalue weighted by Gasteiger charge is -2.14. The maximum Gasteiger partial charge on any atom is 0.361 e. The number of halogens is 1. The van der Waals surface area contributed by atoms with Gasteiger partial charge in [0.25, 0.3) is 0 Å². The molecule has 1 aliphatic rings. The zero-order chi connectivity index (χ0) is 19.2. The van der Waals surface area contributed by atoms with Crippen LogP contribution in [0.2, 0.25) is 5.02 Å². The van der Waals surface area contributed by atoms with Crippen LogP contribution in [0.3, 0.4) is 0 Å². The molecule has 4 N–H and O–H groups in total. The van der Waals surface area contributed by atoms with Crippen LogP contribution in [0.5, 0.6) is 0 Å². The number of carbonyl (C=O) groups is 1. The molecule has 1 fully saturated rings. The zero-order valence-electron chi connectivity index (χ0n) is 14.0. The molecule has 27 heavy (non-hydrogen) atoms. The summed E-state index contributed by atoms with van der Waals surface area (Å²) in [6.45, 7) is -0.600. The Labute approximate surface area is 160 Å². The summed E-state index contributed by atoms with van der Waals surface area (Å²) in [5.41, 5.74) is 6.76. The lowest BCUT2D eigenvalue weighted by atomic mass is 10.1. The first-order chi connectivity index (χ1) is 13.1. The van der Waals surface area contributed by atoms with E-state index in [-0.39, 0.29) is 11.4 Å². The molecule has 0 aliphatic carbocycles. The number of cyclic esters (lactones) is 1. The second kappa shape index (κ2) is 8.63. The standard InChI is InChI=1S/C18H17ClN4O4/c19-11-6-8-13(9-7-11)21-22-15-16(18(26)27-17(15)14(25)10-24)23-20-12-4-2-1-3-5-12/h1-9,14,17,20-21,24-25H,10H2/t14-,17+/m0/s1. The van der Waals surface area contributed by atoms with E-state index in [1.165, 1.54) is 0 Å². The van der Waals surface area contributed by atoms with E-state index in [4.69, 9.17) is 16.3 Å². The largest absolute Gasteiger partial charge is 0.448 e. The van der Waals surface area contributed by atoms with Crippen molar-refractivity contribution < 1.29 is 19.7 Å². The van der Waals surface area contributed by atoms with E-state index >= 15 is 0 Å². The quantitative estimate of drug-likeness (QED) is 0.443. The molecule has 2 aromatic rings. The van der Waals surface area contributed by atoms with Crippen LogP contribution >= 0.6 is 11.6 Å². The molecule has 1 aliphatic heterocycles. The highest BCUT2D eigenvalue weighted by molar-refractivity contribution is 6.69. The van der Waals surface area contributed by atoms with E-state index in [1.54, 1.807) is 36.4 Å². The third-order valence-electron chi connectivity index (χ3n) is 3.70. The molecule has 3 rings (SSSR count). The summed E-state index contributed by atoms with van der Waals surface area (Å²) >= 11 is 5.85. The lowest BCUT2D eigenvalue weighted by Crippen LogP contribution is -2.36. The SMILES string of the molecule is O=C1O[C@H]([C@@H](O)CO)C(=NNc2ccc(Cl)cc2)C1=NNc1ccccc1. The Bertz CT molecular complexity index is 855. The van der Waals surface area contributed by atoms with Crippen LogP contribution in [0.1, 0.15) is 0 Å². The summed E-state index contributed by atoms with van der Waals surface area (Å²) < 4.78 is 5.12. The molecule has 0 amide bonds. The summed E-state index contributed by atoms with van der Waals surface area (Å²) in [4.78, 5) is 12.2. The number of aliphatic hydroxyl groups is 2. The van der Waals surface area contributed by atoms with Crippen molar-refractivity contribution in [3.63, 3.8) is 0 Å². The van der Waals surface area contributed by atoms with Crippen LogP contribution in [0.25, 0.3) is 0 Å². The number of anilines is 2. The van der Waals surface area contributed by atoms with Crippen molar-refractivity contribution in [2.75, 3.05) is 17.5 Å². The molecule has 9 heteroatoms. The fourth-order valence-electron chi connectivity index (χ4n) is 2.32. The van der Waals surface area contributed by atoms with Crippen LogP contribution in [0.4, 0.5) is 11.4 Å². The van der Waals surface area contributed by atoms with Gasteiger partial charge in [0.2, 0.25) is 0 Å². The van der Waals surface area contributed by atoms with Crippen molar-refractivity contribution in [1.82, 2.24) is 0 Å². The average molecular weight is 389 g/mol. The third kappa shape index (κ3) is 4.62. The van der Waals surface area contributed by atoms with Gasteiger partial charge in [-0.15, -0.1) is 0 Å².